The van der Waals surface area contributed by atoms with Crippen LogP contribution in [0.25, 0.3) is 0 Å². The monoisotopic (exact) mass is 160 g/mol. The van der Waals surface area contributed by atoms with Gasteiger partial charge in [-0.25, -0.2) is 10.1 Å². The molecule has 0 saturated heterocycles. The van der Waals surface area contributed by atoms with Crippen LogP contribution < -0.4 is 11.1 Å². The second kappa shape index (κ2) is 3.18. The number of hydrogen-bond acceptors (Lipinski definition) is 2. The summed E-state index contributed by atoms with van der Waals surface area (Å²) in [7, 11) is 0. The van der Waals surface area contributed by atoms with Gasteiger partial charge in [0.15, 0.2) is 5.03 Å². The Kier molecular flexibility index (Phi) is 2.79. The van der Waals surface area contributed by atoms with Gasteiger partial charge in [-0.2, -0.15) is 0 Å². The summed E-state index contributed by atoms with van der Waals surface area (Å²) in [6, 6.07) is 0. The number of hydrazone groups is 1. The average Bonchev–Trinajstić information content (AvgIpc) is 1.53. The fourth-order valence-corrected chi connectivity index (χ4v) is 0.497. The zero-order valence-electron chi connectivity index (χ0n) is 6.79. The standard InChI is InChI=1S/C5H12N4O2/c1-5(2,3)7-4(6)8-9(10)11/h1-3H3,(H3,6,7,8). The van der Waals surface area contributed by atoms with E-state index in [9.17, 15) is 10.1 Å². The van der Waals surface area contributed by atoms with Crippen LogP contribution in [0.3, 0.4) is 0 Å². The summed E-state index contributed by atoms with van der Waals surface area (Å²) in [5.74, 6) is -0.178. The Bertz CT molecular complexity index is 181. The van der Waals surface area contributed by atoms with E-state index < -0.39 is 5.03 Å². The molecule has 0 rings (SSSR count). The van der Waals surface area contributed by atoms with Gasteiger partial charge >= 0.3 is 0 Å². The molecule has 0 amide bonds. The molecule has 6 nitrogen and oxygen atoms in total. The van der Waals surface area contributed by atoms with Crippen molar-refractivity contribution < 1.29 is 5.03 Å². The van der Waals surface area contributed by atoms with Crippen LogP contribution in [0.5, 0.6) is 0 Å². The summed E-state index contributed by atoms with van der Waals surface area (Å²) in [5, 5.41) is 14.5. The molecule has 11 heavy (non-hydrogen) atoms. The number of nitrogens with two attached hydrogens (primary N) is 1. The number of rotatable bonds is 1. The molecule has 0 radical (unpaired) electrons. The number of nitrogens with zero attached hydrogens (tertiary/aromatic N) is 2. The van der Waals surface area contributed by atoms with Crippen molar-refractivity contribution in [3.8, 4) is 0 Å². The van der Waals surface area contributed by atoms with Gasteiger partial charge in [0.05, 0.1) is 0 Å². The number of guanidine groups is 1. The van der Waals surface area contributed by atoms with Crippen molar-refractivity contribution in [1.82, 2.24) is 5.32 Å². The minimum absolute atomic E-state index is 0.178. The van der Waals surface area contributed by atoms with Crippen LogP contribution in [0.2, 0.25) is 0 Å². The minimum Gasteiger partial charge on any atom is -0.365 e. The van der Waals surface area contributed by atoms with E-state index in [4.69, 9.17) is 5.73 Å². The van der Waals surface area contributed by atoms with E-state index in [1.54, 1.807) is 0 Å². The van der Waals surface area contributed by atoms with Gasteiger partial charge in [0.2, 0.25) is 0 Å². The summed E-state index contributed by atoms with van der Waals surface area (Å²) in [4.78, 5) is 9.79. The Morgan fingerprint density at radius 2 is 2.09 bits per heavy atom. The zero-order chi connectivity index (χ0) is 9.07. The van der Waals surface area contributed by atoms with Gasteiger partial charge in [-0.15, -0.1) is 0 Å². The summed E-state index contributed by atoms with van der Waals surface area (Å²) < 4.78 is 0. The van der Waals surface area contributed by atoms with Crippen molar-refractivity contribution in [1.29, 1.82) is 0 Å². The molecule has 0 fully saturated rings. The quantitative estimate of drug-likeness (QED) is 0.242. The highest BCUT2D eigenvalue weighted by atomic mass is 16.7. The van der Waals surface area contributed by atoms with Gasteiger partial charge in [-0.3, -0.25) is 0 Å². The lowest BCUT2D eigenvalue weighted by molar-refractivity contribution is -0.485. The van der Waals surface area contributed by atoms with Crippen molar-refractivity contribution in [2.24, 2.45) is 10.8 Å². The van der Waals surface area contributed by atoms with Crippen LogP contribution in [-0.2, 0) is 0 Å². The fraction of sp³-hybridized carbons (Fsp3) is 0.800. The molecule has 0 saturated carbocycles. The maximum Gasteiger partial charge on any atom is 0.266 e. The predicted molar refractivity (Wildman–Crippen MR) is 41.5 cm³/mol. The predicted octanol–water partition coefficient (Wildman–Crippen LogP) is -0.119. The van der Waals surface area contributed by atoms with Gasteiger partial charge in [-0.1, -0.05) is 0 Å². The topological polar surface area (TPSA) is 93.5 Å². The molecule has 0 aliphatic carbocycles. The molecule has 0 atom stereocenters. The maximum absolute atomic E-state index is 9.79. The molecule has 0 unspecified atom stereocenters. The molecule has 0 spiro atoms. The third-order valence-corrected chi connectivity index (χ3v) is 0.692. The fourth-order valence-electron chi connectivity index (χ4n) is 0.497. The first kappa shape index (κ1) is 9.67. The van der Waals surface area contributed by atoms with Crippen LogP contribution in [0.1, 0.15) is 20.8 Å². The molecule has 0 aromatic rings. The van der Waals surface area contributed by atoms with Crippen molar-refractivity contribution in [2.75, 3.05) is 0 Å². The molecular formula is C5H12N4O2. The second-order valence-electron chi connectivity index (χ2n) is 3.10. The van der Waals surface area contributed by atoms with Crippen LogP contribution in [0.15, 0.2) is 5.10 Å². The van der Waals surface area contributed by atoms with Crippen LogP contribution in [0.4, 0.5) is 0 Å². The summed E-state index contributed by atoms with van der Waals surface area (Å²) in [6.45, 7) is 5.49. The molecule has 64 valence electrons. The van der Waals surface area contributed by atoms with E-state index in [2.05, 4.69) is 10.4 Å². The minimum atomic E-state index is -0.839. The summed E-state index contributed by atoms with van der Waals surface area (Å²) >= 11 is 0. The van der Waals surface area contributed by atoms with Crippen LogP contribution in [-0.4, -0.2) is 16.5 Å². The molecule has 0 aromatic carbocycles. The highest BCUT2D eigenvalue weighted by molar-refractivity contribution is 5.77. The van der Waals surface area contributed by atoms with E-state index >= 15 is 0 Å². The lowest BCUT2D eigenvalue weighted by atomic mass is 10.1. The van der Waals surface area contributed by atoms with Crippen molar-refractivity contribution >= 4 is 5.96 Å². The Balaban J connectivity index is 4.07. The lowest BCUT2D eigenvalue weighted by Crippen LogP contribution is -2.45. The number of hydrogen-bond donors (Lipinski definition) is 2. The van der Waals surface area contributed by atoms with Gasteiger partial charge < -0.3 is 11.1 Å². The largest absolute Gasteiger partial charge is 0.365 e. The first-order chi connectivity index (χ1) is 4.81. The Labute approximate surface area is 64.6 Å². The molecule has 0 heterocycles. The molecule has 3 N–H and O–H groups in total. The van der Waals surface area contributed by atoms with Gasteiger partial charge in [0.25, 0.3) is 5.96 Å². The summed E-state index contributed by atoms with van der Waals surface area (Å²) in [6.07, 6.45) is 0. The first-order valence-electron chi connectivity index (χ1n) is 3.08. The van der Waals surface area contributed by atoms with Gasteiger partial charge in [0, 0.05) is 5.54 Å². The normalized spacial score (nSPS) is 12.8. The molecule has 0 bridgehead atoms. The van der Waals surface area contributed by atoms with E-state index in [1.165, 1.54) is 0 Å². The van der Waals surface area contributed by atoms with E-state index in [0.29, 0.717) is 0 Å². The van der Waals surface area contributed by atoms with Crippen molar-refractivity contribution in [3.05, 3.63) is 10.1 Å². The van der Waals surface area contributed by atoms with Crippen molar-refractivity contribution in [3.63, 3.8) is 0 Å². The summed E-state index contributed by atoms with van der Waals surface area (Å²) in [5.41, 5.74) is 4.86. The first-order valence-corrected chi connectivity index (χ1v) is 3.08. The van der Waals surface area contributed by atoms with E-state index in [0.717, 1.165) is 0 Å². The van der Waals surface area contributed by atoms with E-state index in [1.807, 2.05) is 20.8 Å². The number of nitro groups is 1. The van der Waals surface area contributed by atoms with E-state index in [-0.39, 0.29) is 11.5 Å². The highest BCUT2D eigenvalue weighted by Gasteiger charge is 2.11. The molecule has 0 aliphatic rings. The highest BCUT2D eigenvalue weighted by Crippen LogP contribution is 1.96. The number of nitrogens with one attached hydrogen (secondary N) is 1. The zero-order valence-corrected chi connectivity index (χ0v) is 6.79. The van der Waals surface area contributed by atoms with Gasteiger partial charge in [-0.05, 0) is 20.8 Å². The molecule has 0 aromatic heterocycles. The molecular weight excluding hydrogens is 148 g/mol. The Hall–Kier alpha value is -1.33. The maximum atomic E-state index is 9.79. The lowest BCUT2D eigenvalue weighted by Gasteiger charge is -2.19. The van der Waals surface area contributed by atoms with Gasteiger partial charge in [0.1, 0.15) is 5.10 Å². The Morgan fingerprint density at radius 3 is 2.36 bits per heavy atom. The van der Waals surface area contributed by atoms with Crippen LogP contribution in [0, 0.1) is 10.1 Å². The smallest absolute Gasteiger partial charge is 0.266 e. The Morgan fingerprint density at radius 1 is 1.64 bits per heavy atom. The second-order valence-corrected chi connectivity index (χ2v) is 3.10. The third-order valence-electron chi connectivity index (χ3n) is 0.692. The average molecular weight is 160 g/mol. The third kappa shape index (κ3) is 6.56. The molecule has 0 aliphatic heterocycles. The SMILES string of the molecule is CC(C)(C)NC(N)=N[N+](=O)[O-]. The van der Waals surface area contributed by atoms with Crippen molar-refractivity contribution in [2.45, 2.75) is 26.3 Å². The molecule has 6 heteroatoms. The van der Waals surface area contributed by atoms with Crippen LogP contribution >= 0.6 is 0 Å².